The Balaban J connectivity index is 2.31. The molecule has 0 saturated carbocycles. The molecule has 0 spiro atoms. The molecule has 1 aliphatic heterocycles. The van der Waals surface area contributed by atoms with E-state index >= 15 is 0 Å². The first-order chi connectivity index (χ1) is 8.03. The Labute approximate surface area is 102 Å². The predicted molar refractivity (Wildman–Crippen MR) is 68.9 cm³/mol. The molecule has 4 nitrogen and oxygen atoms in total. The van der Waals surface area contributed by atoms with Crippen molar-refractivity contribution in [3.8, 4) is 0 Å². The van der Waals surface area contributed by atoms with Gasteiger partial charge in [-0.15, -0.1) is 0 Å². The number of hydrogen-bond donors (Lipinski definition) is 2. The first-order valence-corrected chi connectivity index (χ1v) is 7.48. The quantitative estimate of drug-likeness (QED) is 0.853. The zero-order valence-corrected chi connectivity index (χ0v) is 10.8. The zero-order valence-electron chi connectivity index (χ0n) is 9.94. The fraction of sp³-hybridized carbons (Fsp3) is 0.500. The molecule has 17 heavy (non-hydrogen) atoms. The van der Waals surface area contributed by atoms with E-state index in [-0.39, 0.29) is 11.8 Å². The smallest absolute Gasteiger partial charge is 0.182 e. The third kappa shape index (κ3) is 2.61. The minimum Gasteiger partial charge on any atom is -0.380 e. The van der Waals surface area contributed by atoms with Gasteiger partial charge in [-0.1, -0.05) is 6.07 Å². The molecule has 94 valence electrons. The number of nitrogens with one attached hydrogen (secondary N) is 1. The van der Waals surface area contributed by atoms with Crippen molar-refractivity contribution in [1.29, 1.82) is 0 Å². The van der Waals surface area contributed by atoms with Gasteiger partial charge in [-0.05, 0) is 44.0 Å². The van der Waals surface area contributed by atoms with Gasteiger partial charge in [0.1, 0.15) is 0 Å². The number of nitrogens with two attached hydrogens (primary N) is 1. The third-order valence-electron chi connectivity index (χ3n) is 3.01. The van der Waals surface area contributed by atoms with E-state index in [4.69, 9.17) is 5.73 Å². The average molecular weight is 254 g/mol. The lowest BCUT2D eigenvalue weighted by Gasteiger charge is -2.27. The van der Waals surface area contributed by atoms with E-state index in [1.807, 2.05) is 19.1 Å². The molecule has 0 radical (unpaired) electrons. The molecule has 5 heteroatoms. The third-order valence-corrected chi connectivity index (χ3v) is 4.86. The van der Waals surface area contributed by atoms with Gasteiger partial charge in [0.05, 0.1) is 16.3 Å². The van der Waals surface area contributed by atoms with Crippen LogP contribution in [0.3, 0.4) is 0 Å². The lowest BCUT2D eigenvalue weighted by atomic mass is 10.1. The van der Waals surface area contributed by atoms with Crippen LogP contribution in [0.25, 0.3) is 0 Å². The van der Waals surface area contributed by atoms with Crippen molar-refractivity contribution >= 4 is 15.5 Å². The lowest BCUT2D eigenvalue weighted by Crippen LogP contribution is -2.34. The van der Waals surface area contributed by atoms with E-state index in [1.54, 1.807) is 6.07 Å². The molecule has 0 fully saturated rings. The summed E-state index contributed by atoms with van der Waals surface area (Å²) in [5, 5.41) is 3.28. The van der Waals surface area contributed by atoms with Crippen LogP contribution in [-0.4, -0.2) is 26.8 Å². The maximum atomic E-state index is 12.1. The highest BCUT2D eigenvalue weighted by atomic mass is 32.2. The molecule has 0 amide bonds. The molecule has 1 atom stereocenters. The van der Waals surface area contributed by atoms with Gasteiger partial charge in [-0.3, -0.25) is 0 Å². The van der Waals surface area contributed by atoms with Crippen LogP contribution in [0.4, 0.5) is 5.69 Å². The Morgan fingerprint density at radius 3 is 2.94 bits per heavy atom. The molecule has 2 rings (SSSR count). The van der Waals surface area contributed by atoms with Crippen LogP contribution in [0.15, 0.2) is 23.1 Å². The minimum atomic E-state index is -3.15. The molecular formula is C12H18N2O2S. The summed E-state index contributed by atoms with van der Waals surface area (Å²) in [6.45, 7) is 2.50. The highest BCUT2D eigenvalue weighted by Gasteiger charge is 2.29. The largest absolute Gasteiger partial charge is 0.380 e. The van der Waals surface area contributed by atoms with Crippen LogP contribution in [0.1, 0.15) is 18.4 Å². The van der Waals surface area contributed by atoms with Gasteiger partial charge in [-0.2, -0.15) is 0 Å². The van der Waals surface area contributed by atoms with E-state index < -0.39 is 9.84 Å². The Bertz CT molecular complexity index is 511. The maximum Gasteiger partial charge on any atom is 0.182 e. The van der Waals surface area contributed by atoms with Crippen molar-refractivity contribution < 1.29 is 8.42 Å². The molecule has 1 aromatic rings. The Kier molecular flexibility index (Phi) is 3.40. The number of aryl methyl sites for hydroxylation is 1. The zero-order chi connectivity index (χ0) is 12.5. The van der Waals surface area contributed by atoms with E-state index in [0.717, 1.165) is 24.1 Å². The maximum absolute atomic E-state index is 12.1. The van der Waals surface area contributed by atoms with E-state index in [9.17, 15) is 8.42 Å². The second-order valence-electron chi connectivity index (χ2n) is 4.55. The Morgan fingerprint density at radius 2 is 2.24 bits per heavy atom. The standard InChI is InChI=1S/C12H18N2O2S/c1-9-4-5-11-12(7-9)17(15,16)8-10(14-11)3-2-6-13/h4-5,7,10,14H,2-3,6,8,13H2,1H3. The van der Waals surface area contributed by atoms with Gasteiger partial charge in [-0.25, -0.2) is 8.42 Å². The lowest BCUT2D eigenvalue weighted by molar-refractivity contribution is 0.575. The molecule has 1 aliphatic rings. The van der Waals surface area contributed by atoms with Crippen LogP contribution in [0.2, 0.25) is 0 Å². The molecule has 1 heterocycles. The molecule has 0 saturated heterocycles. The summed E-state index contributed by atoms with van der Waals surface area (Å²) in [6, 6.07) is 5.49. The highest BCUT2D eigenvalue weighted by Crippen LogP contribution is 2.30. The number of benzene rings is 1. The van der Waals surface area contributed by atoms with Gasteiger partial charge in [0.25, 0.3) is 0 Å². The van der Waals surface area contributed by atoms with Gasteiger partial charge >= 0.3 is 0 Å². The number of anilines is 1. The van der Waals surface area contributed by atoms with Crippen molar-refractivity contribution in [2.45, 2.75) is 30.7 Å². The molecule has 1 unspecified atom stereocenters. The van der Waals surface area contributed by atoms with E-state index in [0.29, 0.717) is 11.4 Å². The Morgan fingerprint density at radius 1 is 1.47 bits per heavy atom. The summed E-state index contributed by atoms with van der Waals surface area (Å²) in [7, 11) is -3.15. The van der Waals surface area contributed by atoms with Crippen molar-refractivity contribution in [3.05, 3.63) is 23.8 Å². The predicted octanol–water partition coefficient (Wildman–Crippen LogP) is 1.30. The van der Waals surface area contributed by atoms with Crippen molar-refractivity contribution in [2.75, 3.05) is 17.6 Å². The summed E-state index contributed by atoms with van der Waals surface area (Å²) in [5.41, 5.74) is 7.14. The SMILES string of the molecule is Cc1ccc2c(c1)S(=O)(=O)CC(CCCN)N2. The summed E-state index contributed by atoms with van der Waals surface area (Å²) < 4.78 is 24.3. The highest BCUT2D eigenvalue weighted by molar-refractivity contribution is 7.91. The normalized spacial score (nSPS) is 21.6. The van der Waals surface area contributed by atoms with Crippen LogP contribution in [0, 0.1) is 6.92 Å². The Hall–Kier alpha value is -1.07. The second-order valence-corrected chi connectivity index (χ2v) is 6.56. The van der Waals surface area contributed by atoms with E-state index in [1.165, 1.54) is 0 Å². The first kappa shape index (κ1) is 12.4. The second kappa shape index (κ2) is 4.66. The minimum absolute atomic E-state index is 0.0150. The topological polar surface area (TPSA) is 72.2 Å². The van der Waals surface area contributed by atoms with Crippen molar-refractivity contribution in [2.24, 2.45) is 5.73 Å². The van der Waals surface area contributed by atoms with Crippen LogP contribution in [-0.2, 0) is 9.84 Å². The van der Waals surface area contributed by atoms with Crippen molar-refractivity contribution in [1.82, 2.24) is 0 Å². The number of sulfone groups is 1. The fourth-order valence-electron chi connectivity index (χ4n) is 2.14. The summed E-state index contributed by atoms with van der Waals surface area (Å²) in [6.07, 6.45) is 1.64. The number of rotatable bonds is 3. The van der Waals surface area contributed by atoms with Gasteiger partial charge in [0, 0.05) is 6.04 Å². The van der Waals surface area contributed by atoms with Crippen LogP contribution in [0.5, 0.6) is 0 Å². The molecule has 3 N–H and O–H groups in total. The molecule has 1 aromatic carbocycles. The van der Waals surface area contributed by atoms with Gasteiger partial charge in [0.15, 0.2) is 9.84 Å². The van der Waals surface area contributed by atoms with Gasteiger partial charge < -0.3 is 11.1 Å². The summed E-state index contributed by atoms with van der Waals surface area (Å²) >= 11 is 0. The molecule has 0 bridgehead atoms. The van der Waals surface area contributed by atoms with Crippen LogP contribution >= 0.6 is 0 Å². The molecular weight excluding hydrogens is 236 g/mol. The molecule has 0 aliphatic carbocycles. The molecule has 0 aromatic heterocycles. The number of hydrogen-bond acceptors (Lipinski definition) is 4. The fourth-order valence-corrected chi connectivity index (χ4v) is 3.93. The van der Waals surface area contributed by atoms with Crippen molar-refractivity contribution in [3.63, 3.8) is 0 Å². The van der Waals surface area contributed by atoms with Gasteiger partial charge in [0.2, 0.25) is 0 Å². The summed E-state index contributed by atoms with van der Waals surface area (Å²) in [4.78, 5) is 0.432. The number of fused-ring (bicyclic) bond motifs is 1. The van der Waals surface area contributed by atoms with E-state index in [2.05, 4.69) is 5.32 Å². The summed E-state index contributed by atoms with van der Waals surface area (Å²) in [5.74, 6) is 0.170. The monoisotopic (exact) mass is 254 g/mol. The van der Waals surface area contributed by atoms with Crippen LogP contribution < -0.4 is 11.1 Å². The first-order valence-electron chi connectivity index (χ1n) is 5.83. The average Bonchev–Trinajstić information content (AvgIpc) is 2.27.